The van der Waals surface area contributed by atoms with Crippen molar-refractivity contribution in [1.29, 1.82) is 0 Å². The molecule has 0 atom stereocenters. The van der Waals surface area contributed by atoms with E-state index in [4.69, 9.17) is 0 Å². The summed E-state index contributed by atoms with van der Waals surface area (Å²) in [5.41, 5.74) is 12.9. The number of nitrogens with zero attached hydrogens (tertiary/aromatic N) is 2. The molecule has 2 nitrogen and oxygen atoms in total. The fourth-order valence-electron chi connectivity index (χ4n) is 9.91. The van der Waals surface area contributed by atoms with Crippen LogP contribution in [0.5, 0.6) is 0 Å². The van der Waals surface area contributed by atoms with Crippen LogP contribution in [0.3, 0.4) is 0 Å². The Labute approximate surface area is 327 Å². The Morgan fingerprint density at radius 3 is 1.75 bits per heavy atom. The molecule has 1 aliphatic carbocycles. The zero-order valence-electron chi connectivity index (χ0n) is 32.4. The van der Waals surface area contributed by atoms with E-state index in [0.717, 1.165) is 17.1 Å². The Balaban J connectivity index is 1.20. The number of rotatable bonds is 6. The minimum atomic E-state index is -1.15. The van der Waals surface area contributed by atoms with Crippen molar-refractivity contribution < 1.29 is 0 Å². The molecule has 0 saturated heterocycles. The number of para-hydroxylation sites is 3. The van der Waals surface area contributed by atoms with Crippen LogP contribution >= 0.6 is 20.1 Å². The molecule has 0 spiro atoms. The number of hydrogen-bond acceptors (Lipinski definition) is 1. The average molecular weight is 751 g/mol. The van der Waals surface area contributed by atoms with Crippen LogP contribution < -0.4 is 4.90 Å². The topological polar surface area (TPSA) is 8.17 Å². The maximum Gasteiger partial charge on any atom is 0.0817 e. The Morgan fingerprint density at radius 2 is 1.02 bits per heavy atom. The third kappa shape index (κ3) is 4.97. The number of benzene rings is 8. The van der Waals surface area contributed by atoms with Gasteiger partial charge in [-0.1, -0.05) is 97.1 Å². The summed E-state index contributed by atoms with van der Waals surface area (Å²) < 4.78 is 2.33. The number of anilines is 3. The highest BCUT2D eigenvalue weighted by atomic mass is 32.3. The highest BCUT2D eigenvalue weighted by Crippen LogP contribution is 2.80. The lowest BCUT2D eigenvalue weighted by molar-refractivity contribution is 1.10. The third-order valence-electron chi connectivity index (χ3n) is 11.8. The number of fused-ring (bicyclic) bond motifs is 9. The van der Waals surface area contributed by atoms with Gasteiger partial charge in [-0.15, -0.1) is 0 Å². The first kappa shape index (κ1) is 34.1. The molecule has 0 radical (unpaired) electrons. The van der Waals surface area contributed by atoms with Crippen LogP contribution in [0.2, 0.25) is 0 Å². The average Bonchev–Trinajstić information content (AvgIpc) is 3.68. The second-order valence-electron chi connectivity index (χ2n) is 16.5. The van der Waals surface area contributed by atoms with Gasteiger partial charge in [-0.25, -0.2) is 20.1 Å². The van der Waals surface area contributed by atoms with Crippen molar-refractivity contribution in [2.24, 2.45) is 0 Å². The molecule has 1 aromatic heterocycles. The van der Waals surface area contributed by atoms with Gasteiger partial charge >= 0.3 is 0 Å². The summed E-state index contributed by atoms with van der Waals surface area (Å²) in [4.78, 5) is 2.43. The second-order valence-corrected chi connectivity index (χ2v) is 25.3. The van der Waals surface area contributed by atoms with Crippen molar-refractivity contribution in [3.05, 3.63) is 181 Å². The predicted octanol–water partition coefficient (Wildman–Crippen LogP) is 14.1. The van der Waals surface area contributed by atoms with Gasteiger partial charge in [-0.2, -0.15) is 0 Å². The van der Waals surface area contributed by atoms with Crippen molar-refractivity contribution in [3.8, 4) is 16.8 Å². The van der Waals surface area contributed by atoms with Gasteiger partial charge in [0, 0.05) is 33.5 Å². The highest BCUT2D eigenvalue weighted by molar-refractivity contribution is 8.48. The van der Waals surface area contributed by atoms with E-state index in [9.17, 15) is 0 Å². The molecule has 4 heteroatoms. The summed E-state index contributed by atoms with van der Waals surface area (Å²) in [5.74, 6) is 0. The van der Waals surface area contributed by atoms with E-state index in [-0.39, 0.29) is 4.08 Å². The molecule has 0 amide bonds. The molecule has 1 heterocycles. The van der Waals surface area contributed by atoms with Gasteiger partial charge in [0.1, 0.15) is 0 Å². The van der Waals surface area contributed by atoms with E-state index < -0.39 is 20.1 Å². The van der Waals surface area contributed by atoms with Crippen LogP contribution in [-0.2, 0) is 4.08 Å². The quantitative estimate of drug-likeness (QED) is 0.164. The van der Waals surface area contributed by atoms with Crippen molar-refractivity contribution in [2.75, 3.05) is 42.4 Å². The van der Waals surface area contributed by atoms with Crippen LogP contribution in [0.4, 0.5) is 17.1 Å². The van der Waals surface area contributed by atoms with Crippen LogP contribution in [0.25, 0.3) is 60.2 Å². The summed E-state index contributed by atoms with van der Waals surface area (Å²) >= 11 is 0. The summed E-state index contributed by atoms with van der Waals surface area (Å²) in [6, 6.07) is 63.3. The standard InChI is InChI=1S/C51H46N2S2/c1-54(2,3)51(55(4,5)6)47-33-36-18-14-13-17-35(36)32-45(47)44-28-25-37-31-40(26-29-42(37)50(44)51)52(38-19-9-7-10-20-38)41-27-30-49-46(34-41)43-23-15-16-24-48(43)53(49)39-21-11-8-12-22-39/h7-34H,1-6H3. The van der Waals surface area contributed by atoms with Crippen molar-refractivity contribution in [3.63, 3.8) is 0 Å². The Bertz CT molecular complexity index is 2930. The molecule has 9 aromatic rings. The fourth-order valence-corrected chi connectivity index (χ4v) is 19.2. The Hall–Kier alpha value is -5.42. The van der Waals surface area contributed by atoms with Gasteiger partial charge in [-0.3, -0.25) is 0 Å². The molecule has 1 aliphatic rings. The molecule has 0 aliphatic heterocycles. The normalized spacial score (nSPS) is 14.4. The maximum absolute atomic E-state index is 2.55. The fraction of sp³-hybridized carbons (Fsp3) is 0.137. The summed E-state index contributed by atoms with van der Waals surface area (Å²) in [5, 5.41) is 7.80. The first-order valence-electron chi connectivity index (χ1n) is 19.0. The van der Waals surface area contributed by atoms with E-state index in [1.807, 2.05) is 0 Å². The van der Waals surface area contributed by atoms with Gasteiger partial charge in [-0.05, 0) is 154 Å². The monoisotopic (exact) mass is 750 g/mol. The molecule has 0 unspecified atom stereocenters. The lowest BCUT2D eigenvalue weighted by Gasteiger charge is -2.59. The first-order valence-corrected chi connectivity index (χ1v) is 24.7. The zero-order valence-corrected chi connectivity index (χ0v) is 34.0. The van der Waals surface area contributed by atoms with Gasteiger partial charge < -0.3 is 9.47 Å². The smallest absolute Gasteiger partial charge is 0.0817 e. The van der Waals surface area contributed by atoms with E-state index >= 15 is 0 Å². The van der Waals surface area contributed by atoms with Crippen molar-refractivity contribution in [1.82, 2.24) is 4.57 Å². The molecule has 10 rings (SSSR count). The Morgan fingerprint density at radius 1 is 0.418 bits per heavy atom. The molecule has 0 N–H and O–H groups in total. The molecule has 55 heavy (non-hydrogen) atoms. The molecule has 0 fully saturated rings. The lowest BCUT2D eigenvalue weighted by atomic mass is 9.97. The van der Waals surface area contributed by atoms with E-state index in [1.54, 1.807) is 0 Å². The highest BCUT2D eigenvalue weighted by Gasteiger charge is 2.55. The molecular weight excluding hydrogens is 705 g/mol. The SMILES string of the molecule is CS(C)(C)C1(S(C)(C)C)c2cc3ccccc3cc2-c2ccc3cc(N(c4ccccc4)c4ccc5c(c4)c4ccccc4n5-c4ccccc4)ccc3c21. The van der Waals surface area contributed by atoms with Crippen LogP contribution in [0, 0.1) is 0 Å². The number of hydrogen-bond donors (Lipinski definition) is 0. The first-order chi connectivity index (χ1) is 26.6. The molecule has 0 bridgehead atoms. The summed E-state index contributed by atoms with van der Waals surface area (Å²) in [6.45, 7) is 0. The van der Waals surface area contributed by atoms with Gasteiger partial charge in [0.25, 0.3) is 0 Å². The van der Waals surface area contributed by atoms with E-state index in [0.29, 0.717) is 0 Å². The summed E-state index contributed by atoms with van der Waals surface area (Å²) in [6.07, 6.45) is 15.3. The molecular formula is C51H46N2S2. The maximum atomic E-state index is 2.55. The summed E-state index contributed by atoms with van der Waals surface area (Å²) in [7, 11) is -2.31. The second kappa shape index (κ2) is 12.3. The molecule has 272 valence electrons. The van der Waals surface area contributed by atoms with Gasteiger partial charge in [0.2, 0.25) is 0 Å². The minimum absolute atomic E-state index is 0.0627. The van der Waals surface area contributed by atoms with Crippen LogP contribution in [0.15, 0.2) is 170 Å². The van der Waals surface area contributed by atoms with Gasteiger partial charge in [0.15, 0.2) is 0 Å². The Kier molecular flexibility index (Phi) is 7.62. The van der Waals surface area contributed by atoms with E-state index in [2.05, 4.69) is 217 Å². The van der Waals surface area contributed by atoms with Crippen molar-refractivity contribution >= 4 is 80.5 Å². The zero-order chi connectivity index (χ0) is 37.7. The van der Waals surface area contributed by atoms with Crippen molar-refractivity contribution in [2.45, 2.75) is 4.08 Å². The third-order valence-corrected chi connectivity index (χ3v) is 19.1. The van der Waals surface area contributed by atoms with Crippen LogP contribution in [-0.4, -0.2) is 42.1 Å². The molecule has 0 saturated carbocycles. The predicted molar refractivity (Wildman–Crippen MR) is 247 cm³/mol. The van der Waals surface area contributed by atoms with Gasteiger partial charge in [0.05, 0.1) is 15.1 Å². The largest absolute Gasteiger partial charge is 0.310 e. The van der Waals surface area contributed by atoms with Crippen LogP contribution in [0.1, 0.15) is 11.1 Å². The minimum Gasteiger partial charge on any atom is -0.310 e. The number of aromatic nitrogens is 1. The van der Waals surface area contributed by atoms with E-state index in [1.165, 1.54) is 71.3 Å². The lowest BCUT2D eigenvalue weighted by Crippen LogP contribution is -2.35. The molecule has 8 aromatic carbocycles.